The van der Waals surface area contributed by atoms with Crippen LogP contribution in [0.25, 0.3) is 0 Å². The van der Waals surface area contributed by atoms with Gasteiger partial charge in [0.25, 0.3) is 0 Å². The minimum absolute atomic E-state index is 0.0156. The number of benzene rings is 1. The molecule has 2 fully saturated rings. The summed E-state index contributed by atoms with van der Waals surface area (Å²) < 4.78 is 20.0. The number of ether oxygens (including phenoxy) is 1. The predicted octanol–water partition coefficient (Wildman–Crippen LogP) is 4.18. The van der Waals surface area contributed by atoms with Gasteiger partial charge in [0.15, 0.2) is 0 Å². The summed E-state index contributed by atoms with van der Waals surface area (Å²) in [6, 6.07) is 6.97. The van der Waals surface area contributed by atoms with Gasteiger partial charge in [-0.2, -0.15) is 0 Å². The van der Waals surface area contributed by atoms with Gasteiger partial charge >= 0.3 is 5.97 Å². The highest BCUT2D eigenvalue weighted by atomic mass is 19.1. The number of esters is 1. The minimum atomic E-state index is -0.166. The molecule has 5 heteroatoms. The van der Waals surface area contributed by atoms with Crippen molar-refractivity contribution in [3.63, 3.8) is 0 Å². The van der Waals surface area contributed by atoms with Crippen LogP contribution in [0.5, 0.6) is 0 Å². The number of hydrogen-bond donors (Lipinski definition) is 0. The molecule has 160 valence electrons. The first-order valence-corrected chi connectivity index (χ1v) is 11.3. The van der Waals surface area contributed by atoms with Crippen molar-refractivity contribution in [3.8, 4) is 0 Å². The summed E-state index contributed by atoms with van der Waals surface area (Å²) in [7, 11) is 0. The van der Waals surface area contributed by atoms with Crippen molar-refractivity contribution in [2.24, 2.45) is 17.3 Å². The predicted molar refractivity (Wildman–Crippen MR) is 116 cm³/mol. The van der Waals surface area contributed by atoms with E-state index in [1.807, 2.05) is 12.1 Å². The van der Waals surface area contributed by atoms with Crippen LogP contribution in [0.3, 0.4) is 0 Å². The Morgan fingerprint density at radius 1 is 1.20 bits per heavy atom. The van der Waals surface area contributed by atoms with E-state index in [4.69, 9.17) is 4.74 Å². The molecule has 4 atom stereocenters. The van der Waals surface area contributed by atoms with Crippen LogP contribution in [-0.2, 0) is 9.53 Å². The summed E-state index contributed by atoms with van der Waals surface area (Å²) in [6.45, 7) is 8.49. The fourth-order valence-electron chi connectivity index (χ4n) is 6.00. The number of nitrogens with zero attached hydrogens (tertiary/aromatic N) is 2. The Hall–Kier alpha value is -2.14. The van der Waals surface area contributed by atoms with Gasteiger partial charge in [0, 0.05) is 38.6 Å². The lowest BCUT2D eigenvalue weighted by molar-refractivity contribution is -0.145. The van der Waals surface area contributed by atoms with Gasteiger partial charge in [-0.1, -0.05) is 36.8 Å². The van der Waals surface area contributed by atoms with Crippen molar-refractivity contribution in [2.75, 3.05) is 37.6 Å². The minimum Gasteiger partial charge on any atom is -0.461 e. The molecule has 5 rings (SSSR count). The van der Waals surface area contributed by atoms with Crippen LogP contribution in [0, 0.1) is 23.1 Å². The van der Waals surface area contributed by atoms with E-state index < -0.39 is 0 Å². The van der Waals surface area contributed by atoms with Crippen LogP contribution >= 0.6 is 0 Å². The summed E-state index contributed by atoms with van der Waals surface area (Å²) in [5.74, 6) is -0.128. The van der Waals surface area contributed by atoms with Crippen LogP contribution in [-0.4, -0.2) is 49.7 Å². The Bertz CT molecular complexity index is 902. The average molecular weight is 411 g/mol. The normalized spacial score (nSPS) is 34.0. The highest BCUT2D eigenvalue weighted by molar-refractivity contribution is 5.76. The van der Waals surface area contributed by atoms with Gasteiger partial charge in [-0.25, -0.2) is 4.39 Å². The van der Waals surface area contributed by atoms with E-state index in [2.05, 4.69) is 35.8 Å². The zero-order chi connectivity index (χ0) is 20.9. The summed E-state index contributed by atoms with van der Waals surface area (Å²) >= 11 is 0. The van der Waals surface area contributed by atoms with Gasteiger partial charge in [0.2, 0.25) is 0 Å². The van der Waals surface area contributed by atoms with E-state index in [9.17, 15) is 9.18 Å². The zero-order valence-electron chi connectivity index (χ0n) is 17.9. The molecular formula is C25H31FN2O2. The van der Waals surface area contributed by atoms with Crippen molar-refractivity contribution in [2.45, 2.75) is 39.2 Å². The van der Waals surface area contributed by atoms with E-state index >= 15 is 0 Å². The van der Waals surface area contributed by atoms with E-state index in [-0.39, 0.29) is 35.1 Å². The molecule has 0 aromatic heterocycles. The second-order valence-electron chi connectivity index (χ2n) is 9.67. The summed E-state index contributed by atoms with van der Waals surface area (Å²) in [5, 5.41) is 0. The highest BCUT2D eigenvalue weighted by Crippen LogP contribution is 2.52. The Kier molecular flexibility index (Phi) is 4.97. The number of para-hydroxylation sites is 1. The first kappa shape index (κ1) is 19.8. The molecule has 0 saturated carbocycles. The molecule has 4 aliphatic rings. The first-order chi connectivity index (χ1) is 14.4. The Balaban J connectivity index is 1.28. The van der Waals surface area contributed by atoms with Gasteiger partial charge < -0.3 is 9.64 Å². The molecule has 0 bridgehead atoms. The standard InChI is InChI=1S/C25H31FN2O2/c1-17-6-5-9-25(2)15-23-18(14-20(17)25)19(24(29)30-23)16-27-10-12-28(13-11-27)22-8-4-3-7-21(22)26/h3-4,6-8,14,18-19,23H,5,9-13,15-16H2,1-2H3/t18-,19?,23-,25-/m1/s1. The summed E-state index contributed by atoms with van der Waals surface area (Å²) in [4.78, 5) is 17.2. The van der Waals surface area contributed by atoms with Gasteiger partial charge in [-0.05, 0) is 49.3 Å². The maximum absolute atomic E-state index is 14.1. The topological polar surface area (TPSA) is 32.8 Å². The zero-order valence-corrected chi connectivity index (χ0v) is 17.9. The number of carbonyl (C=O) groups is 1. The lowest BCUT2D eigenvalue weighted by Gasteiger charge is -2.43. The molecule has 0 radical (unpaired) electrons. The van der Waals surface area contributed by atoms with E-state index in [1.165, 1.54) is 17.2 Å². The number of hydrogen-bond acceptors (Lipinski definition) is 4. The molecule has 2 saturated heterocycles. The Morgan fingerprint density at radius 2 is 1.97 bits per heavy atom. The monoisotopic (exact) mass is 410 g/mol. The van der Waals surface area contributed by atoms with Gasteiger partial charge in [-0.3, -0.25) is 9.69 Å². The molecule has 2 aliphatic carbocycles. The molecule has 0 spiro atoms. The summed E-state index contributed by atoms with van der Waals surface area (Å²) in [5.41, 5.74) is 3.62. The molecule has 1 unspecified atom stereocenters. The van der Waals surface area contributed by atoms with Crippen LogP contribution in [0.4, 0.5) is 10.1 Å². The molecule has 30 heavy (non-hydrogen) atoms. The van der Waals surface area contributed by atoms with Crippen molar-refractivity contribution in [1.82, 2.24) is 4.90 Å². The molecule has 2 aliphatic heterocycles. The molecule has 2 heterocycles. The third-order valence-electron chi connectivity index (χ3n) is 7.72. The lowest BCUT2D eigenvalue weighted by atomic mass is 9.62. The number of rotatable bonds is 3. The quantitative estimate of drug-likeness (QED) is 0.700. The summed E-state index contributed by atoms with van der Waals surface area (Å²) in [6.07, 6.45) is 7.91. The largest absolute Gasteiger partial charge is 0.461 e. The first-order valence-electron chi connectivity index (χ1n) is 11.3. The number of carbonyl (C=O) groups excluding carboxylic acids is 1. The van der Waals surface area contributed by atoms with Crippen LogP contribution in [0.15, 0.2) is 47.6 Å². The van der Waals surface area contributed by atoms with Crippen LogP contribution in [0.1, 0.15) is 33.1 Å². The lowest BCUT2D eigenvalue weighted by Crippen LogP contribution is -2.49. The number of piperazine rings is 1. The number of halogens is 1. The second-order valence-corrected chi connectivity index (χ2v) is 9.67. The Morgan fingerprint density at radius 3 is 2.73 bits per heavy atom. The van der Waals surface area contributed by atoms with Crippen molar-refractivity contribution >= 4 is 11.7 Å². The van der Waals surface area contributed by atoms with Crippen LogP contribution < -0.4 is 4.90 Å². The number of fused-ring (bicyclic) bond motifs is 2. The van der Waals surface area contributed by atoms with Crippen molar-refractivity contribution in [3.05, 3.63) is 53.4 Å². The fourth-order valence-corrected chi connectivity index (χ4v) is 6.00. The molecule has 0 amide bonds. The van der Waals surface area contributed by atoms with E-state index in [1.54, 1.807) is 6.07 Å². The third-order valence-corrected chi connectivity index (χ3v) is 7.72. The van der Waals surface area contributed by atoms with E-state index in [0.717, 1.165) is 52.0 Å². The van der Waals surface area contributed by atoms with Crippen LogP contribution in [0.2, 0.25) is 0 Å². The Labute approximate surface area is 178 Å². The van der Waals surface area contributed by atoms with Gasteiger partial charge in [0.1, 0.15) is 11.9 Å². The molecule has 1 aromatic rings. The van der Waals surface area contributed by atoms with Gasteiger partial charge in [-0.15, -0.1) is 0 Å². The smallest absolute Gasteiger partial charge is 0.311 e. The number of allylic oxidation sites excluding steroid dienone is 3. The molecule has 1 aromatic carbocycles. The average Bonchev–Trinajstić information content (AvgIpc) is 3.01. The van der Waals surface area contributed by atoms with Gasteiger partial charge in [0.05, 0.1) is 11.6 Å². The third kappa shape index (κ3) is 3.37. The number of anilines is 1. The molecular weight excluding hydrogens is 379 g/mol. The van der Waals surface area contributed by atoms with Crippen molar-refractivity contribution in [1.29, 1.82) is 0 Å². The fraction of sp³-hybridized carbons (Fsp3) is 0.560. The van der Waals surface area contributed by atoms with E-state index in [0.29, 0.717) is 5.69 Å². The van der Waals surface area contributed by atoms with Crippen molar-refractivity contribution < 1.29 is 13.9 Å². The maximum atomic E-state index is 14.1. The highest BCUT2D eigenvalue weighted by Gasteiger charge is 2.51. The SMILES string of the molecule is CC1=CCC[C@]2(C)C[C@H]3OC(=O)C(CN4CCN(c5ccccc5F)CC4)[C@H]3C=C12. The molecule has 4 nitrogen and oxygen atoms in total. The maximum Gasteiger partial charge on any atom is 0.311 e. The second kappa shape index (κ2) is 7.52. The molecule has 0 N–H and O–H groups in total.